The molecule has 3 rings (SSSR count). The van der Waals surface area contributed by atoms with Gasteiger partial charge in [-0.1, -0.05) is 60.7 Å². The highest BCUT2D eigenvalue weighted by molar-refractivity contribution is 5.85. The van der Waals surface area contributed by atoms with E-state index in [-0.39, 0.29) is 12.4 Å². The third kappa shape index (κ3) is 5.07. The highest BCUT2D eigenvalue weighted by atomic mass is 35.5. The van der Waals surface area contributed by atoms with Gasteiger partial charge in [0.1, 0.15) is 0 Å². The van der Waals surface area contributed by atoms with Gasteiger partial charge < -0.3 is 10.0 Å². The van der Waals surface area contributed by atoms with Crippen molar-refractivity contribution in [2.24, 2.45) is 5.92 Å². The van der Waals surface area contributed by atoms with Gasteiger partial charge in [0.05, 0.1) is 5.60 Å². The second-order valence-electron chi connectivity index (χ2n) is 7.54. The van der Waals surface area contributed by atoms with Crippen molar-refractivity contribution in [1.29, 1.82) is 0 Å². The Bertz CT molecular complexity index is 621. The Kier molecular flexibility index (Phi) is 7.06. The SMILES string of the molecule is CN(C)C(c1ccccc1)C1CCC(O)(Cc2ccccc2)CC1.Cl. The smallest absolute Gasteiger partial charge is 0.0688 e. The first kappa shape index (κ1) is 20.0. The van der Waals surface area contributed by atoms with Gasteiger partial charge in [0.2, 0.25) is 0 Å². The molecule has 0 aromatic heterocycles. The van der Waals surface area contributed by atoms with Crippen LogP contribution in [-0.4, -0.2) is 29.7 Å². The van der Waals surface area contributed by atoms with Gasteiger partial charge in [-0.2, -0.15) is 0 Å². The Hall–Kier alpha value is -1.35. The molecule has 0 aliphatic heterocycles. The molecule has 0 radical (unpaired) electrons. The summed E-state index contributed by atoms with van der Waals surface area (Å²) >= 11 is 0. The summed E-state index contributed by atoms with van der Waals surface area (Å²) < 4.78 is 0. The molecule has 136 valence electrons. The number of aliphatic hydroxyl groups is 1. The number of hydrogen-bond acceptors (Lipinski definition) is 2. The number of hydrogen-bond donors (Lipinski definition) is 1. The zero-order chi connectivity index (χ0) is 17.0. The molecule has 2 nitrogen and oxygen atoms in total. The van der Waals surface area contributed by atoms with Crippen LogP contribution in [0.15, 0.2) is 60.7 Å². The first-order chi connectivity index (χ1) is 11.6. The molecule has 1 aliphatic rings. The molecule has 1 N–H and O–H groups in total. The van der Waals surface area contributed by atoms with Crippen LogP contribution in [0.3, 0.4) is 0 Å². The zero-order valence-corrected chi connectivity index (χ0v) is 16.1. The van der Waals surface area contributed by atoms with E-state index in [2.05, 4.69) is 73.6 Å². The van der Waals surface area contributed by atoms with Gasteiger partial charge in [-0.25, -0.2) is 0 Å². The molecule has 0 bridgehead atoms. The number of halogens is 1. The lowest BCUT2D eigenvalue weighted by molar-refractivity contribution is -0.0202. The monoisotopic (exact) mass is 359 g/mol. The van der Waals surface area contributed by atoms with Gasteiger partial charge in [-0.05, 0) is 56.8 Å². The molecule has 25 heavy (non-hydrogen) atoms. The van der Waals surface area contributed by atoms with E-state index < -0.39 is 5.60 Å². The second kappa shape index (κ2) is 8.84. The van der Waals surface area contributed by atoms with Crippen LogP contribution < -0.4 is 0 Å². The lowest BCUT2D eigenvalue weighted by Gasteiger charge is -2.41. The molecule has 1 fully saturated rings. The minimum absolute atomic E-state index is 0. The van der Waals surface area contributed by atoms with Gasteiger partial charge in [-0.15, -0.1) is 12.4 Å². The largest absolute Gasteiger partial charge is 0.390 e. The van der Waals surface area contributed by atoms with Crippen molar-refractivity contribution in [3.05, 3.63) is 71.8 Å². The van der Waals surface area contributed by atoms with Crippen LogP contribution in [0.1, 0.15) is 42.9 Å². The molecule has 2 aromatic carbocycles. The summed E-state index contributed by atoms with van der Waals surface area (Å²) in [5, 5.41) is 11.0. The normalized spacial score (nSPS) is 24.6. The third-order valence-electron chi connectivity index (χ3n) is 5.48. The van der Waals surface area contributed by atoms with Gasteiger partial charge in [0, 0.05) is 12.5 Å². The molecular weight excluding hydrogens is 330 g/mol. The first-order valence-electron chi connectivity index (χ1n) is 9.05. The molecule has 2 aromatic rings. The molecule has 1 atom stereocenters. The van der Waals surface area contributed by atoms with Gasteiger partial charge >= 0.3 is 0 Å². The average Bonchev–Trinajstić information content (AvgIpc) is 2.58. The van der Waals surface area contributed by atoms with Crippen molar-refractivity contribution < 1.29 is 5.11 Å². The molecule has 0 spiro atoms. The van der Waals surface area contributed by atoms with E-state index in [0.29, 0.717) is 12.0 Å². The molecule has 1 unspecified atom stereocenters. The predicted octanol–water partition coefficient (Wildman–Crippen LogP) is 4.88. The van der Waals surface area contributed by atoms with E-state index in [0.717, 1.165) is 32.1 Å². The zero-order valence-electron chi connectivity index (χ0n) is 15.3. The van der Waals surface area contributed by atoms with Crippen molar-refractivity contribution in [3.8, 4) is 0 Å². The fourth-order valence-electron chi connectivity index (χ4n) is 4.29. The topological polar surface area (TPSA) is 23.5 Å². The van der Waals surface area contributed by atoms with E-state index in [9.17, 15) is 5.11 Å². The fourth-order valence-corrected chi connectivity index (χ4v) is 4.29. The fraction of sp³-hybridized carbons (Fsp3) is 0.455. The van der Waals surface area contributed by atoms with Crippen LogP contribution in [0, 0.1) is 5.92 Å². The summed E-state index contributed by atoms with van der Waals surface area (Å²) in [5.74, 6) is 0.610. The average molecular weight is 360 g/mol. The van der Waals surface area contributed by atoms with Crippen LogP contribution >= 0.6 is 12.4 Å². The molecule has 0 amide bonds. The van der Waals surface area contributed by atoms with E-state index in [1.165, 1.54) is 11.1 Å². The summed E-state index contributed by atoms with van der Waals surface area (Å²) in [7, 11) is 4.34. The van der Waals surface area contributed by atoms with Gasteiger partial charge in [0.15, 0.2) is 0 Å². The van der Waals surface area contributed by atoms with Crippen LogP contribution in [-0.2, 0) is 6.42 Å². The van der Waals surface area contributed by atoms with Crippen LogP contribution in [0.25, 0.3) is 0 Å². The van der Waals surface area contributed by atoms with Crippen LogP contribution in [0.5, 0.6) is 0 Å². The van der Waals surface area contributed by atoms with Crippen molar-refractivity contribution in [3.63, 3.8) is 0 Å². The maximum absolute atomic E-state index is 11.0. The summed E-state index contributed by atoms with van der Waals surface area (Å²) in [4.78, 5) is 2.33. The van der Waals surface area contributed by atoms with E-state index in [4.69, 9.17) is 0 Å². The lowest BCUT2D eigenvalue weighted by Crippen LogP contribution is -2.39. The Morgan fingerprint density at radius 3 is 2.00 bits per heavy atom. The highest BCUT2D eigenvalue weighted by Gasteiger charge is 2.37. The van der Waals surface area contributed by atoms with E-state index in [1.807, 2.05) is 6.07 Å². The molecule has 1 aliphatic carbocycles. The molecular formula is C22H30ClNO. The summed E-state index contributed by atoms with van der Waals surface area (Å²) in [6.07, 6.45) is 4.73. The number of nitrogens with zero attached hydrogens (tertiary/aromatic N) is 1. The molecule has 0 heterocycles. The standard InChI is InChI=1S/C22H29NO.ClH/c1-23(2)21(19-11-7-4-8-12-19)20-13-15-22(24,16-14-20)17-18-9-5-3-6-10-18;/h3-12,20-21,24H,13-17H2,1-2H3;1H. The van der Waals surface area contributed by atoms with E-state index in [1.54, 1.807) is 0 Å². The lowest BCUT2D eigenvalue weighted by atomic mass is 9.72. The Morgan fingerprint density at radius 2 is 1.48 bits per heavy atom. The molecule has 3 heteroatoms. The molecule has 1 saturated carbocycles. The summed E-state index contributed by atoms with van der Waals surface area (Å²) in [6, 6.07) is 21.6. The predicted molar refractivity (Wildman–Crippen MR) is 107 cm³/mol. The highest BCUT2D eigenvalue weighted by Crippen LogP contribution is 2.41. The number of rotatable bonds is 5. The minimum Gasteiger partial charge on any atom is -0.390 e. The summed E-state index contributed by atoms with van der Waals surface area (Å²) in [6.45, 7) is 0. The van der Waals surface area contributed by atoms with Crippen LogP contribution in [0.2, 0.25) is 0 Å². The van der Waals surface area contributed by atoms with Crippen molar-refractivity contribution >= 4 is 12.4 Å². The van der Waals surface area contributed by atoms with Crippen LogP contribution in [0.4, 0.5) is 0 Å². The first-order valence-corrected chi connectivity index (χ1v) is 9.05. The maximum Gasteiger partial charge on any atom is 0.0688 e. The number of benzene rings is 2. The van der Waals surface area contributed by atoms with Gasteiger partial charge in [-0.3, -0.25) is 0 Å². The van der Waals surface area contributed by atoms with E-state index >= 15 is 0 Å². The molecule has 0 saturated heterocycles. The Balaban J connectivity index is 0.00000225. The van der Waals surface area contributed by atoms with Crippen molar-refractivity contribution in [2.45, 2.75) is 43.7 Å². The quantitative estimate of drug-likeness (QED) is 0.822. The summed E-state index contributed by atoms with van der Waals surface area (Å²) in [5.41, 5.74) is 2.09. The van der Waals surface area contributed by atoms with Crippen molar-refractivity contribution in [1.82, 2.24) is 4.90 Å². The third-order valence-corrected chi connectivity index (χ3v) is 5.48. The van der Waals surface area contributed by atoms with Crippen molar-refractivity contribution in [2.75, 3.05) is 14.1 Å². The Morgan fingerprint density at radius 1 is 0.960 bits per heavy atom. The van der Waals surface area contributed by atoms with Gasteiger partial charge in [0.25, 0.3) is 0 Å². The minimum atomic E-state index is -0.536. The maximum atomic E-state index is 11.0. The second-order valence-corrected chi connectivity index (χ2v) is 7.54. The Labute approximate surface area is 158 Å².